The lowest BCUT2D eigenvalue weighted by Crippen LogP contribution is -1.83. The van der Waals surface area contributed by atoms with Crippen LogP contribution in [0.5, 0.6) is 0 Å². The molecule has 0 fully saturated rings. The average molecular weight is 201 g/mol. The van der Waals surface area contributed by atoms with Gasteiger partial charge in [-0.15, -0.1) is 0 Å². The fourth-order valence-corrected chi connectivity index (χ4v) is 1.61. The first kappa shape index (κ1) is 9.71. The molecule has 0 aliphatic rings. The van der Waals surface area contributed by atoms with Crippen molar-refractivity contribution in [3.8, 4) is 0 Å². The molecule has 0 spiro atoms. The van der Waals surface area contributed by atoms with E-state index >= 15 is 0 Å². The Labute approximate surface area is 87.9 Å². The third-order valence-corrected chi connectivity index (χ3v) is 2.50. The Balaban J connectivity index is 2.73. The van der Waals surface area contributed by atoms with Crippen molar-refractivity contribution in [1.82, 2.24) is 4.98 Å². The van der Waals surface area contributed by atoms with Crippen LogP contribution in [0.2, 0.25) is 0 Å². The van der Waals surface area contributed by atoms with Crippen LogP contribution >= 0.6 is 0 Å². The van der Waals surface area contributed by atoms with Gasteiger partial charge in [0.2, 0.25) is 0 Å². The summed E-state index contributed by atoms with van der Waals surface area (Å²) in [6.45, 7) is 9.58. The van der Waals surface area contributed by atoms with Crippen LogP contribution in [0, 0.1) is 5.82 Å². The summed E-state index contributed by atoms with van der Waals surface area (Å²) >= 11 is 0. The number of aromatic nitrogens is 1. The van der Waals surface area contributed by atoms with Gasteiger partial charge in [0.05, 0.1) is 0 Å². The molecule has 0 bridgehead atoms. The minimum Gasteiger partial charge on any atom is -0.360 e. The summed E-state index contributed by atoms with van der Waals surface area (Å²) in [6.07, 6.45) is 1.77. The molecule has 2 heteroatoms. The maximum absolute atomic E-state index is 13.6. The van der Waals surface area contributed by atoms with Gasteiger partial charge in [0, 0.05) is 22.7 Å². The minimum absolute atomic E-state index is 0.230. The smallest absolute Gasteiger partial charge is 0.133 e. The van der Waals surface area contributed by atoms with E-state index in [0.717, 1.165) is 22.2 Å². The highest BCUT2D eigenvalue weighted by atomic mass is 19.1. The summed E-state index contributed by atoms with van der Waals surface area (Å²) in [5, 5.41) is 0.588. The zero-order chi connectivity index (χ0) is 11.0. The number of hydrogen-bond donors (Lipinski definition) is 1. The summed E-state index contributed by atoms with van der Waals surface area (Å²) in [5.41, 5.74) is 3.19. The van der Waals surface area contributed by atoms with Gasteiger partial charge >= 0.3 is 0 Å². The zero-order valence-electron chi connectivity index (χ0n) is 8.60. The van der Waals surface area contributed by atoms with Gasteiger partial charge in [-0.1, -0.05) is 24.8 Å². The largest absolute Gasteiger partial charge is 0.360 e. The molecule has 0 amide bonds. The number of allylic oxidation sites excluding steroid dienone is 2. The van der Waals surface area contributed by atoms with E-state index in [-0.39, 0.29) is 5.82 Å². The van der Waals surface area contributed by atoms with Gasteiger partial charge in [-0.3, -0.25) is 0 Å². The lowest BCUT2D eigenvalue weighted by Gasteiger charge is -2.03. The van der Waals surface area contributed by atoms with Crippen LogP contribution in [-0.4, -0.2) is 4.98 Å². The predicted molar refractivity (Wildman–Crippen MR) is 62.1 cm³/mol. The van der Waals surface area contributed by atoms with E-state index in [1.807, 2.05) is 13.0 Å². The van der Waals surface area contributed by atoms with Crippen molar-refractivity contribution in [2.24, 2.45) is 0 Å². The molecular weight excluding hydrogens is 189 g/mol. The van der Waals surface area contributed by atoms with Crippen LogP contribution in [0.1, 0.15) is 12.5 Å². The summed E-state index contributed by atoms with van der Waals surface area (Å²) in [4.78, 5) is 3.02. The van der Waals surface area contributed by atoms with Crippen molar-refractivity contribution in [2.45, 2.75) is 6.92 Å². The molecule has 1 nitrogen and oxygen atoms in total. The minimum atomic E-state index is -0.230. The van der Waals surface area contributed by atoms with Crippen LogP contribution in [0.4, 0.5) is 4.39 Å². The Bertz CT molecular complexity index is 549. The van der Waals surface area contributed by atoms with E-state index < -0.39 is 0 Å². The third-order valence-electron chi connectivity index (χ3n) is 2.50. The van der Waals surface area contributed by atoms with Gasteiger partial charge in [-0.05, 0) is 24.6 Å². The van der Waals surface area contributed by atoms with Crippen molar-refractivity contribution >= 4 is 16.5 Å². The Morgan fingerprint density at radius 1 is 1.33 bits per heavy atom. The fraction of sp³-hybridized carbons (Fsp3) is 0.0769. The van der Waals surface area contributed by atoms with Crippen LogP contribution in [0.25, 0.3) is 16.5 Å². The van der Waals surface area contributed by atoms with Crippen molar-refractivity contribution in [3.63, 3.8) is 0 Å². The maximum atomic E-state index is 13.6. The van der Waals surface area contributed by atoms with Gasteiger partial charge in [0.1, 0.15) is 5.82 Å². The van der Waals surface area contributed by atoms with Gasteiger partial charge in [0.15, 0.2) is 0 Å². The molecule has 0 unspecified atom stereocenters. The molecule has 1 aromatic heterocycles. The zero-order valence-corrected chi connectivity index (χ0v) is 8.60. The second kappa shape index (κ2) is 3.39. The summed E-state index contributed by atoms with van der Waals surface area (Å²) < 4.78 is 13.6. The summed E-state index contributed by atoms with van der Waals surface area (Å²) in [5.74, 6) is -0.230. The Kier molecular flexibility index (Phi) is 2.19. The number of aromatic amines is 1. The lowest BCUT2D eigenvalue weighted by atomic mass is 10.0. The molecule has 0 aliphatic carbocycles. The van der Waals surface area contributed by atoms with E-state index in [2.05, 4.69) is 18.1 Å². The first-order valence-electron chi connectivity index (χ1n) is 4.72. The quantitative estimate of drug-likeness (QED) is 0.709. The highest BCUT2D eigenvalue weighted by molar-refractivity contribution is 5.95. The molecule has 76 valence electrons. The second-order valence-corrected chi connectivity index (χ2v) is 3.62. The molecule has 0 radical (unpaired) electrons. The monoisotopic (exact) mass is 201 g/mol. The Morgan fingerprint density at radius 3 is 2.73 bits per heavy atom. The fourth-order valence-electron chi connectivity index (χ4n) is 1.61. The first-order valence-corrected chi connectivity index (χ1v) is 4.72. The molecule has 2 rings (SSSR count). The first-order chi connectivity index (χ1) is 7.11. The van der Waals surface area contributed by atoms with E-state index in [1.54, 1.807) is 12.3 Å². The van der Waals surface area contributed by atoms with Crippen molar-refractivity contribution < 1.29 is 4.39 Å². The van der Waals surface area contributed by atoms with E-state index in [0.29, 0.717) is 5.39 Å². The summed E-state index contributed by atoms with van der Waals surface area (Å²) in [7, 11) is 0. The molecule has 0 saturated carbocycles. The molecule has 2 aromatic rings. The topological polar surface area (TPSA) is 15.8 Å². The standard InChI is InChI=1S/C13H12FN/c1-8(2)9(3)10-7-15-12-6-4-5-11(14)13(10)12/h4-7,15H,1,3H2,2H3. The Hall–Kier alpha value is -1.83. The SMILES string of the molecule is C=C(C)C(=C)c1c[nH]c2cccc(F)c12. The van der Waals surface area contributed by atoms with Crippen molar-refractivity contribution in [3.05, 3.63) is 54.5 Å². The number of rotatable bonds is 2. The van der Waals surface area contributed by atoms with E-state index in [9.17, 15) is 4.39 Å². The second-order valence-electron chi connectivity index (χ2n) is 3.62. The van der Waals surface area contributed by atoms with E-state index in [4.69, 9.17) is 0 Å². The number of H-pyrrole nitrogens is 1. The molecule has 1 N–H and O–H groups in total. The lowest BCUT2D eigenvalue weighted by molar-refractivity contribution is 0.640. The molecule has 1 aromatic carbocycles. The van der Waals surface area contributed by atoms with Gasteiger partial charge in [0.25, 0.3) is 0 Å². The van der Waals surface area contributed by atoms with Crippen LogP contribution in [0.3, 0.4) is 0 Å². The van der Waals surface area contributed by atoms with Gasteiger partial charge < -0.3 is 4.98 Å². The summed E-state index contributed by atoms with van der Waals surface area (Å²) in [6, 6.07) is 4.97. The average Bonchev–Trinajstić information content (AvgIpc) is 2.61. The van der Waals surface area contributed by atoms with Crippen molar-refractivity contribution in [1.29, 1.82) is 0 Å². The third kappa shape index (κ3) is 1.48. The molecule has 15 heavy (non-hydrogen) atoms. The predicted octanol–water partition coefficient (Wildman–Crippen LogP) is 3.90. The number of benzene rings is 1. The van der Waals surface area contributed by atoms with Crippen LogP contribution in [-0.2, 0) is 0 Å². The highest BCUT2D eigenvalue weighted by Crippen LogP contribution is 2.29. The number of hydrogen-bond acceptors (Lipinski definition) is 0. The van der Waals surface area contributed by atoms with Gasteiger partial charge in [-0.2, -0.15) is 0 Å². The number of fused-ring (bicyclic) bond motifs is 1. The Morgan fingerprint density at radius 2 is 2.07 bits per heavy atom. The number of nitrogens with one attached hydrogen (secondary N) is 1. The molecular formula is C13H12FN. The molecule has 0 atom stereocenters. The maximum Gasteiger partial charge on any atom is 0.133 e. The highest BCUT2D eigenvalue weighted by Gasteiger charge is 2.10. The number of halogens is 1. The van der Waals surface area contributed by atoms with Crippen LogP contribution in [0.15, 0.2) is 43.1 Å². The normalized spacial score (nSPS) is 10.5. The molecule has 0 aliphatic heterocycles. The molecule has 1 heterocycles. The van der Waals surface area contributed by atoms with Gasteiger partial charge in [-0.25, -0.2) is 4.39 Å². The van der Waals surface area contributed by atoms with Crippen LogP contribution < -0.4 is 0 Å². The van der Waals surface area contributed by atoms with E-state index in [1.165, 1.54) is 6.07 Å². The molecule has 0 saturated heterocycles. The van der Waals surface area contributed by atoms with Crippen molar-refractivity contribution in [2.75, 3.05) is 0 Å².